The van der Waals surface area contributed by atoms with Crippen LogP contribution in [0.15, 0.2) is 6.20 Å². The van der Waals surface area contributed by atoms with Crippen LogP contribution in [0.1, 0.15) is 35.8 Å². The van der Waals surface area contributed by atoms with Gasteiger partial charge in [-0.1, -0.05) is 13.8 Å². The van der Waals surface area contributed by atoms with E-state index in [4.69, 9.17) is 0 Å². The first kappa shape index (κ1) is 15.4. The Bertz CT molecular complexity index is 635. The van der Waals surface area contributed by atoms with E-state index in [2.05, 4.69) is 22.3 Å². The Morgan fingerprint density at radius 1 is 1.48 bits per heavy atom. The standard InChI is InChI=1S/C13H19N5O2S/c1-4-6-17-13(12(18(19)20)9(3)16-17)15-8-11-14-7-10(5-2)21-11/h7,15H,4-6,8H2,1-3H3. The first-order valence-corrected chi connectivity index (χ1v) is 7.77. The van der Waals surface area contributed by atoms with Gasteiger partial charge in [-0.25, -0.2) is 9.67 Å². The number of hydrogen-bond donors (Lipinski definition) is 1. The Kier molecular flexibility index (Phi) is 4.89. The molecule has 0 aromatic carbocycles. The number of nitro groups is 1. The summed E-state index contributed by atoms with van der Waals surface area (Å²) in [6.07, 6.45) is 3.67. The minimum Gasteiger partial charge on any atom is -0.358 e. The largest absolute Gasteiger partial charge is 0.358 e. The van der Waals surface area contributed by atoms with Gasteiger partial charge < -0.3 is 5.32 Å². The fourth-order valence-electron chi connectivity index (χ4n) is 2.09. The van der Waals surface area contributed by atoms with Gasteiger partial charge in [0.05, 0.1) is 11.5 Å². The second-order valence-corrected chi connectivity index (χ2v) is 5.89. The second-order valence-electron chi connectivity index (χ2n) is 4.69. The van der Waals surface area contributed by atoms with Crippen molar-refractivity contribution in [3.05, 3.63) is 31.9 Å². The molecule has 0 unspecified atom stereocenters. The third kappa shape index (κ3) is 3.38. The number of rotatable bonds is 7. The molecule has 0 aliphatic carbocycles. The number of anilines is 1. The normalized spacial score (nSPS) is 10.8. The van der Waals surface area contributed by atoms with Crippen molar-refractivity contribution in [3.63, 3.8) is 0 Å². The molecule has 0 bridgehead atoms. The molecule has 0 radical (unpaired) electrons. The molecule has 2 aromatic rings. The lowest BCUT2D eigenvalue weighted by Crippen LogP contribution is -2.09. The van der Waals surface area contributed by atoms with E-state index in [0.717, 1.165) is 17.8 Å². The van der Waals surface area contributed by atoms with Crippen LogP contribution in [0.5, 0.6) is 0 Å². The van der Waals surface area contributed by atoms with Crippen LogP contribution >= 0.6 is 11.3 Å². The molecule has 7 nitrogen and oxygen atoms in total. The highest BCUT2D eigenvalue weighted by Crippen LogP contribution is 2.29. The van der Waals surface area contributed by atoms with E-state index in [0.29, 0.717) is 24.6 Å². The van der Waals surface area contributed by atoms with Crippen LogP contribution in [0.3, 0.4) is 0 Å². The van der Waals surface area contributed by atoms with Crippen molar-refractivity contribution in [3.8, 4) is 0 Å². The predicted octanol–water partition coefficient (Wildman–Crippen LogP) is 3.14. The number of hydrogen-bond acceptors (Lipinski definition) is 6. The summed E-state index contributed by atoms with van der Waals surface area (Å²) in [5.74, 6) is 0.465. The number of nitrogens with zero attached hydrogens (tertiary/aromatic N) is 4. The minimum atomic E-state index is -0.379. The maximum atomic E-state index is 11.2. The zero-order chi connectivity index (χ0) is 15.4. The molecule has 2 aromatic heterocycles. The summed E-state index contributed by atoms with van der Waals surface area (Å²) in [5.41, 5.74) is 0.486. The van der Waals surface area contributed by atoms with Crippen LogP contribution < -0.4 is 5.32 Å². The van der Waals surface area contributed by atoms with Crippen molar-refractivity contribution in [1.29, 1.82) is 0 Å². The smallest absolute Gasteiger partial charge is 0.333 e. The zero-order valence-electron chi connectivity index (χ0n) is 12.4. The zero-order valence-corrected chi connectivity index (χ0v) is 13.2. The van der Waals surface area contributed by atoms with Crippen LogP contribution in [-0.2, 0) is 19.5 Å². The SMILES string of the molecule is CCCn1nc(C)c([N+](=O)[O-])c1NCc1ncc(CC)s1. The van der Waals surface area contributed by atoms with E-state index in [1.165, 1.54) is 4.88 Å². The minimum absolute atomic E-state index is 0.0516. The summed E-state index contributed by atoms with van der Waals surface area (Å²) < 4.78 is 1.67. The summed E-state index contributed by atoms with van der Waals surface area (Å²) in [6.45, 7) is 6.87. The van der Waals surface area contributed by atoms with Gasteiger partial charge in [0, 0.05) is 17.6 Å². The molecule has 2 rings (SSSR count). The molecule has 0 atom stereocenters. The van der Waals surface area contributed by atoms with Crippen LogP contribution in [0, 0.1) is 17.0 Å². The monoisotopic (exact) mass is 309 g/mol. The molecule has 0 amide bonds. The maximum absolute atomic E-state index is 11.2. The Morgan fingerprint density at radius 2 is 2.24 bits per heavy atom. The molecule has 0 saturated heterocycles. The molecule has 21 heavy (non-hydrogen) atoms. The third-order valence-electron chi connectivity index (χ3n) is 3.07. The van der Waals surface area contributed by atoms with Gasteiger partial charge in [-0.05, 0) is 19.8 Å². The summed E-state index contributed by atoms with van der Waals surface area (Å²) in [5, 5.41) is 19.5. The molecule has 1 N–H and O–H groups in total. The second kappa shape index (κ2) is 6.66. The third-order valence-corrected chi connectivity index (χ3v) is 4.21. The molecule has 0 aliphatic heterocycles. The number of aromatic nitrogens is 3. The van der Waals surface area contributed by atoms with Gasteiger partial charge in [0.15, 0.2) is 0 Å². The molecular weight excluding hydrogens is 290 g/mol. The van der Waals surface area contributed by atoms with E-state index in [9.17, 15) is 10.1 Å². The Balaban J connectivity index is 2.22. The maximum Gasteiger partial charge on any atom is 0.333 e. The summed E-state index contributed by atoms with van der Waals surface area (Å²) in [4.78, 5) is 16.4. The number of aryl methyl sites for hydroxylation is 3. The van der Waals surface area contributed by atoms with Crippen LogP contribution in [0.2, 0.25) is 0 Å². The Morgan fingerprint density at radius 3 is 2.81 bits per heavy atom. The lowest BCUT2D eigenvalue weighted by atomic mass is 10.4. The average Bonchev–Trinajstić information content (AvgIpc) is 3.01. The lowest BCUT2D eigenvalue weighted by molar-refractivity contribution is -0.384. The number of nitrogens with one attached hydrogen (secondary N) is 1. The van der Waals surface area contributed by atoms with E-state index >= 15 is 0 Å². The van der Waals surface area contributed by atoms with Crippen molar-refractivity contribution in [2.75, 3.05) is 5.32 Å². The highest BCUT2D eigenvalue weighted by atomic mass is 32.1. The first-order chi connectivity index (χ1) is 10.1. The van der Waals surface area contributed by atoms with Gasteiger partial charge in [-0.15, -0.1) is 11.3 Å². The summed E-state index contributed by atoms with van der Waals surface area (Å²) in [6, 6.07) is 0. The average molecular weight is 309 g/mol. The van der Waals surface area contributed by atoms with E-state index in [1.54, 1.807) is 22.9 Å². The fraction of sp³-hybridized carbons (Fsp3) is 0.538. The van der Waals surface area contributed by atoms with Crippen molar-refractivity contribution in [1.82, 2.24) is 14.8 Å². The number of thiazole rings is 1. The van der Waals surface area contributed by atoms with Crippen molar-refractivity contribution < 1.29 is 4.92 Å². The summed E-state index contributed by atoms with van der Waals surface area (Å²) >= 11 is 1.62. The highest BCUT2D eigenvalue weighted by Gasteiger charge is 2.25. The van der Waals surface area contributed by atoms with Crippen molar-refractivity contribution >= 4 is 22.8 Å². The molecule has 0 spiro atoms. The van der Waals surface area contributed by atoms with E-state index in [1.807, 2.05) is 13.1 Å². The molecular formula is C13H19N5O2S. The van der Waals surface area contributed by atoms with Crippen molar-refractivity contribution in [2.45, 2.75) is 46.7 Å². The molecule has 0 saturated carbocycles. The Hall–Kier alpha value is -1.96. The molecule has 2 heterocycles. The lowest BCUT2D eigenvalue weighted by Gasteiger charge is -2.06. The molecule has 0 aliphatic rings. The van der Waals surface area contributed by atoms with Crippen LogP contribution in [-0.4, -0.2) is 19.7 Å². The molecule has 114 valence electrons. The molecule has 0 fully saturated rings. The van der Waals surface area contributed by atoms with Crippen LogP contribution in [0.25, 0.3) is 0 Å². The van der Waals surface area contributed by atoms with Gasteiger partial charge >= 0.3 is 5.69 Å². The van der Waals surface area contributed by atoms with Gasteiger partial charge in [-0.2, -0.15) is 5.10 Å². The van der Waals surface area contributed by atoms with E-state index < -0.39 is 0 Å². The van der Waals surface area contributed by atoms with Gasteiger partial charge in [0.25, 0.3) is 0 Å². The highest BCUT2D eigenvalue weighted by molar-refractivity contribution is 7.11. The predicted molar refractivity (Wildman–Crippen MR) is 82.7 cm³/mol. The first-order valence-electron chi connectivity index (χ1n) is 6.96. The Labute approximate surface area is 127 Å². The van der Waals surface area contributed by atoms with Gasteiger partial charge in [-0.3, -0.25) is 10.1 Å². The van der Waals surface area contributed by atoms with Crippen LogP contribution in [0.4, 0.5) is 11.5 Å². The summed E-state index contributed by atoms with van der Waals surface area (Å²) in [7, 11) is 0. The van der Waals surface area contributed by atoms with Crippen molar-refractivity contribution in [2.24, 2.45) is 0 Å². The topological polar surface area (TPSA) is 85.9 Å². The van der Waals surface area contributed by atoms with E-state index in [-0.39, 0.29) is 10.6 Å². The van der Waals surface area contributed by atoms with Gasteiger partial charge in [0.2, 0.25) is 5.82 Å². The fourth-order valence-corrected chi connectivity index (χ4v) is 2.89. The quantitative estimate of drug-likeness (QED) is 0.627. The molecule has 8 heteroatoms. The van der Waals surface area contributed by atoms with Gasteiger partial charge in [0.1, 0.15) is 10.7 Å².